The zero-order chi connectivity index (χ0) is 14.1. The van der Waals surface area contributed by atoms with E-state index >= 15 is 0 Å². The van der Waals surface area contributed by atoms with Crippen molar-refractivity contribution in [2.24, 2.45) is 0 Å². The smallest absolute Gasteiger partial charge is 0.0504 e. The van der Waals surface area contributed by atoms with Gasteiger partial charge >= 0.3 is 0 Å². The van der Waals surface area contributed by atoms with Crippen LogP contribution < -0.4 is 5.32 Å². The molecule has 0 atom stereocenters. The van der Waals surface area contributed by atoms with E-state index in [9.17, 15) is 0 Å². The van der Waals surface area contributed by atoms with Crippen LogP contribution in [0.4, 0.5) is 5.69 Å². The van der Waals surface area contributed by atoms with Gasteiger partial charge in [0, 0.05) is 41.6 Å². The second-order valence-electron chi connectivity index (χ2n) is 5.11. The predicted molar refractivity (Wildman–Crippen MR) is 87.4 cm³/mol. The van der Waals surface area contributed by atoms with Crippen molar-refractivity contribution in [3.8, 4) is 0 Å². The molecule has 3 heteroatoms. The second-order valence-corrected chi connectivity index (χ2v) is 5.11. The number of benzene rings is 2. The fraction of sp³-hybridized carbons (Fsp3) is 0.0556. The summed E-state index contributed by atoms with van der Waals surface area (Å²) < 4.78 is 0. The van der Waals surface area contributed by atoms with Gasteiger partial charge in [0.25, 0.3) is 0 Å². The first-order chi connectivity index (χ1) is 10.4. The normalized spacial score (nSPS) is 11.0. The van der Waals surface area contributed by atoms with Crippen LogP contribution in [0, 0.1) is 0 Å². The number of anilines is 1. The van der Waals surface area contributed by atoms with Crippen LogP contribution in [0.3, 0.4) is 0 Å². The van der Waals surface area contributed by atoms with Crippen LogP contribution in [0.15, 0.2) is 67.1 Å². The third-order valence-corrected chi connectivity index (χ3v) is 3.82. The molecule has 2 aromatic carbocycles. The molecule has 2 heterocycles. The van der Waals surface area contributed by atoms with Gasteiger partial charge < -0.3 is 10.3 Å². The van der Waals surface area contributed by atoms with E-state index in [1.165, 1.54) is 21.9 Å². The van der Waals surface area contributed by atoms with Gasteiger partial charge in [-0.25, -0.2) is 0 Å². The highest BCUT2D eigenvalue weighted by Crippen LogP contribution is 2.24. The Kier molecular flexibility index (Phi) is 2.82. The van der Waals surface area contributed by atoms with Crippen molar-refractivity contribution in [1.82, 2.24) is 9.97 Å². The summed E-state index contributed by atoms with van der Waals surface area (Å²) in [6.45, 7) is 0.791. The maximum Gasteiger partial charge on any atom is 0.0504 e. The highest BCUT2D eigenvalue weighted by molar-refractivity contribution is 5.93. The minimum atomic E-state index is 0.791. The molecule has 102 valence electrons. The molecule has 0 aliphatic carbocycles. The van der Waals surface area contributed by atoms with Crippen LogP contribution in [-0.2, 0) is 6.54 Å². The number of aromatic nitrogens is 2. The van der Waals surface area contributed by atoms with Crippen molar-refractivity contribution in [2.45, 2.75) is 6.54 Å². The van der Waals surface area contributed by atoms with E-state index in [4.69, 9.17) is 0 Å². The van der Waals surface area contributed by atoms with E-state index in [0.717, 1.165) is 17.6 Å². The van der Waals surface area contributed by atoms with Gasteiger partial charge in [0.05, 0.1) is 5.52 Å². The van der Waals surface area contributed by atoms with Crippen LogP contribution >= 0.6 is 0 Å². The van der Waals surface area contributed by atoms with E-state index in [-0.39, 0.29) is 0 Å². The molecule has 0 fully saturated rings. The lowest BCUT2D eigenvalue weighted by Gasteiger charge is -2.10. The minimum Gasteiger partial charge on any atom is -0.380 e. The minimum absolute atomic E-state index is 0.791. The van der Waals surface area contributed by atoms with Crippen LogP contribution in [0.5, 0.6) is 0 Å². The van der Waals surface area contributed by atoms with Crippen molar-refractivity contribution in [3.05, 3.63) is 72.7 Å². The number of hydrogen-bond acceptors (Lipinski definition) is 2. The number of nitrogens with zero attached hydrogens (tertiary/aromatic N) is 1. The number of hydrogen-bond donors (Lipinski definition) is 2. The lowest BCUT2D eigenvalue weighted by atomic mass is 10.1. The lowest BCUT2D eigenvalue weighted by Crippen LogP contribution is -2.00. The molecule has 0 unspecified atom stereocenters. The van der Waals surface area contributed by atoms with Gasteiger partial charge in [0.2, 0.25) is 0 Å². The molecule has 4 aromatic rings. The highest BCUT2D eigenvalue weighted by Gasteiger charge is 2.03. The molecule has 0 spiro atoms. The number of fused-ring (bicyclic) bond motifs is 2. The maximum absolute atomic E-state index is 4.17. The maximum atomic E-state index is 4.17. The van der Waals surface area contributed by atoms with Crippen LogP contribution in [0.1, 0.15) is 5.56 Å². The van der Waals surface area contributed by atoms with Crippen LogP contribution in [0.2, 0.25) is 0 Å². The lowest BCUT2D eigenvalue weighted by molar-refractivity contribution is 1.16. The summed E-state index contributed by atoms with van der Waals surface area (Å²) in [7, 11) is 0. The van der Waals surface area contributed by atoms with Crippen LogP contribution in [-0.4, -0.2) is 9.97 Å². The van der Waals surface area contributed by atoms with Crippen molar-refractivity contribution in [2.75, 3.05) is 5.32 Å². The molecule has 4 rings (SSSR count). The highest BCUT2D eigenvalue weighted by atomic mass is 14.9. The molecule has 2 aromatic heterocycles. The summed E-state index contributed by atoms with van der Waals surface area (Å²) in [5.41, 5.74) is 3.61. The quantitative estimate of drug-likeness (QED) is 0.583. The summed E-state index contributed by atoms with van der Waals surface area (Å²) in [5, 5.41) is 7.14. The fourth-order valence-corrected chi connectivity index (χ4v) is 2.76. The van der Waals surface area contributed by atoms with Crippen molar-refractivity contribution in [3.63, 3.8) is 0 Å². The van der Waals surface area contributed by atoms with E-state index in [2.05, 4.69) is 57.7 Å². The predicted octanol–water partition coefficient (Wildman–Crippen LogP) is 4.33. The monoisotopic (exact) mass is 273 g/mol. The van der Waals surface area contributed by atoms with Crippen molar-refractivity contribution in [1.29, 1.82) is 0 Å². The molecule has 3 nitrogen and oxygen atoms in total. The molecule has 0 radical (unpaired) electrons. The van der Waals surface area contributed by atoms with E-state index in [1.54, 1.807) is 0 Å². The molecule has 0 bridgehead atoms. The van der Waals surface area contributed by atoms with E-state index in [1.807, 2.05) is 24.7 Å². The summed E-state index contributed by atoms with van der Waals surface area (Å²) in [5.74, 6) is 0. The molecule has 0 saturated heterocycles. The SMILES string of the molecule is c1cc(NCc2cccc3cc[nH]c23)c2ccncc2c1. The summed E-state index contributed by atoms with van der Waals surface area (Å²) in [4.78, 5) is 7.49. The molecule has 0 amide bonds. The van der Waals surface area contributed by atoms with Gasteiger partial charge in [-0.3, -0.25) is 4.98 Å². The Balaban J connectivity index is 1.68. The first kappa shape index (κ1) is 12.0. The average Bonchev–Trinajstić information content (AvgIpc) is 3.02. The van der Waals surface area contributed by atoms with E-state index < -0.39 is 0 Å². The summed E-state index contributed by atoms with van der Waals surface area (Å²) in [6, 6.07) is 16.8. The van der Waals surface area contributed by atoms with E-state index in [0.29, 0.717) is 0 Å². The Bertz CT molecular complexity index is 903. The van der Waals surface area contributed by atoms with Gasteiger partial charge in [0.15, 0.2) is 0 Å². The van der Waals surface area contributed by atoms with Gasteiger partial charge in [-0.2, -0.15) is 0 Å². The average molecular weight is 273 g/mol. The van der Waals surface area contributed by atoms with Gasteiger partial charge in [-0.15, -0.1) is 0 Å². The first-order valence-electron chi connectivity index (χ1n) is 7.03. The molecule has 0 aliphatic rings. The van der Waals surface area contributed by atoms with Gasteiger partial charge in [-0.1, -0.05) is 30.3 Å². The van der Waals surface area contributed by atoms with Crippen molar-refractivity contribution < 1.29 is 0 Å². The topological polar surface area (TPSA) is 40.7 Å². The molecule has 21 heavy (non-hydrogen) atoms. The molecule has 0 aliphatic heterocycles. The van der Waals surface area contributed by atoms with Gasteiger partial charge in [-0.05, 0) is 29.1 Å². The zero-order valence-electron chi connectivity index (χ0n) is 11.5. The first-order valence-corrected chi connectivity index (χ1v) is 7.03. The number of H-pyrrole nitrogens is 1. The third kappa shape index (κ3) is 2.13. The Labute approximate surface area is 122 Å². The Morgan fingerprint density at radius 2 is 1.86 bits per heavy atom. The number of pyridine rings is 1. The zero-order valence-corrected chi connectivity index (χ0v) is 11.5. The Hall–Kier alpha value is -2.81. The standard InChI is InChI=1S/C18H15N3/c1-3-13-7-10-20-18(13)15(5-1)12-21-17-6-2-4-14-11-19-9-8-16(14)17/h1-11,20-21H,12H2. The molecular weight excluding hydrogens is 258 g/mol. The number of para-hydroxylation sites is 1. The van der Waals surface area contributed by atoms with Crippen LogP contribution in [0.25, 0.3) is 21.7 Å². The molecule has 0 saturated carbocycles. The fourth-order valence-electron chi connectivity index (χ4n) is 2.76. The Morgan fingerprint density at radius 3 is 2.86 bits per heavy atom. The largest absolute Gasteiger partial charge is 0.380 e. The third-order valence-electron chi connectivity index (χ3n) is 3.82. The van der Waals surface area contributed by atoms with Gasteiger partial charge in [0.1, 0.15) is 0 Å². The molecular formula is C18H15N3. The summed E-state index contributed by atoms with van der Waals surface area (Å²) >= 11 is 0. The number of nitrogens with one attached hydrogen (secondary N) is 2. The van der Waals surface area contributed by atoms with Crippen molar-refractivity contribution >= 4 is 27.4 Å². The molecule has 2 N–H and O–H groups in total. The summed E-state index contributed by atoms with van der Waals surface area (Å²) in [6.07, 6.45) is 5.71. The number of rotatable bonds is 3. The second kappa shape index (κ2) is 4.94. The number of aromatic amines is 1. The Morgan fingerprint density at radius 1 is 0.952 bits per heavy atom.